The Bertz CT molecular complexity index is 350. The summed E-state index contributed by atoms with van der Waals surface area (Å²) in [4.78, 5) is 0. The van der Waals surface area contributed by atoms with Gasteiger partial charge in [-0.3, -0.25) is 0 Å². The zero-order valence-electron chi connectivity index (χ0n) is 12.5. The Balaban J connectivity index is 2.40. The van der Waals surface area contributed by atoms with Gasteiger partial charge in [-0.15, -0.1) is 0 Å². The average molecular weight is 249 g/mol. The molecule has 0 saturated carbocycles. The second-order valence-corrected chi connectivity index (χ2v) is 5.18. The molecule has 1 atom stereocenters. The molecule has 0 fully saturated rings. The molecule has 0 amide bonds. The molecule has 1 aromatic carbocycles. The fraction of sp³-hybridized carbons (Fsp3) is 0.625. The Morgan fingerprint density at radius 1 is 1.17 bits per heavy atom. The highest BCUT2D eigenvalue weighted by Gasteiger charge is 2.05. The Labute approximate surface area is 112 Å². The van der Waals surface area contributed by atoms with E-state index in [1.807, 2.05) is 0 Å². The van der Waals surface area contributed by atoms with E-state index in [0.29, 0.717) is 6.04 Å². The molecule has 0 bridgehead atoms. The van der Waals surface area contributed by atoms with Crippen LogP contribution in [-0.2, 0) is 0 Å². The number of ether oxygens (including phenoxy) is 1. The molecule has 0 aromatic heterocycles. The van der Waals surface area contributed by atoms with E-state index in [0.717, 1.165) is 31.7 Å². The first kappa shape index (κ1) is 15.0. The second-order valence-electron chi connectivity index (χ2n) is 5.18. The van der Waals surface area contributed by atoms with Crippen LogP contribution < -0.4 is 10.1 Å². The van der Waals surface area contributed by atoms with E-state index in [1.165, 1.54) is 16.7 Å². The number of hydrogen-bond donors (Lipinski definition) is 1. The molecule has 0 aliphatic heterocycles. The highest BCUT2D eigenvalue weighted by atomic mass is 16.5. The highest BCUT2D eigenvalue weighted by molar-refractivity contribution is 5.42. The molecule has 0 saturated heterocycles. The number of nitrogens with one attached hydrogen (secondary N) is 1. The van der Waals surface area contributed by atoms with E-state index in [9.17, 15) is 0 Å². The first-order valence-electron chi connectivity index (χ1n) is 6.98. The summed E-state index contributed by atoms with van der Waals surface area (Å²) >= 11 is 0. The van der Waals surface area contributed by atoms with E-state index in [2.05, 4.69) is 52.1 Å². The maximum Gasteiger partial charge on any atom is 0.125 e. The Hall–Kier alpha value is -1.02. The smallest absolute Gasteiger partial charge is 0.125 e. The zero-order chi connectivity index (χ0) is 13.5. The summed E-state index contributed by atoms with van der Waals surface area (Å²) in [6.07, 6.45) is 2.26. The molecule has 0 spiro atoms. The van der Waals surface area contributed by atoms with Gasteiger partial charge in [0.1, 0.15) is 5.75 Å². The van der Waals surface area contributed by atoms with Gasteiger partial charge in [-0.05, 0) is 58.2 Å². The van der Waals surface area contributed by atoms with Gasteiger partial charge in [0, 0.05) is 6.04 Å². The SMILES string of the molecule is CCNC(C)CCCOc1c(C)cc(C)cc1C. The topological polar surface area (TPSA) is 21.3 Å². The standard InChI is InChI=1S/C16H27NO/c1-6-17-15(5)8-7-9-18-16-13(3)10-12(2)11-14(16)4/h10-11,15,17H,6-9H2,1-5H3. The maximum atomic E-state index is 5.92. The lowest BCUT2D eigenvalue weighted by atomic mass is 10.1. The van der Waals surface area contributed by atoms with Crippen LogP contribution in [0.3, 0.4) is 0 Å². The Kier molecular flexibility index (Phi) is 6.20. The van der Waals surface area contributed by atoms with E-state index in [-0.39, 0.29) is 0 Å². The van der Waals surface area contributed by atoms with Gasteiger partial charge in [-0.25, -0.2) is 0 Å². The molecule has 2 nitrogen and oxygen atoms in total. The summed E-state index contributed by atoms with van der Waals surface area (Å²) in [6, 6.07) is 4.95. The minimum absolute atomic E-state index is 0.582. The molecule has 2 heteroatoms. The molecular formula is C16H27NO. The van der Waals surface area contributed by atoms with Crippen molar-refractivity contribution in [3.05, 3.63) is 28.8 Å². The second kappa shape index (κ2) is 7.42. The van der Waals surface area contributed by atoms with Crippen molar-refractivity contribution >= 4 is 0 Å². The number of aryl methyl sites for hydroxylation is 3. The summed E-state index contributed by atoms with van der Waals surface area (Å²) in [5.41, 5.74) is 3.79. The van der Waals surface area contributed by atoms with Gasteiger partial charge < -0.3 is 10.1 Å². The summed E-state index contributed by atoms with van der Waals surface area (Å²) in [5.74, 6) is 1.07. The third-order valence-corrected chi connectivity index (χ3v) is 3.19. The van der Waals surface area contributed by atoms with Crippen LogP contribution in [0.5, 0.6) is 5.75 Å². The van der Waals surface area contributed by atoms with E-state index < -0.39 is 0 Å². The van der Waals surface area contributed by atoms with Gasteiger partial charge >= 0.3 is 0 Å². The lowest BCUT2D eigenvalue weighted by molar-refractivity contribution is 0.295. The first-order valence-corrected chi connectivity index (χ1v) is 6.98. The van der Waals surface area contributed by atoms with Gasteiger partial charge in [-0.2, -0.15) is 0 Å². The molecule has 1 unspecified atom stereocenters. The van der Waals surface area contributed by atoms with Crippen LogP contribution in [0.4, 0.5) is 0 Å². The number of benzene rings is 1. The van der Waals surface area contributed by atoms with E-state index >= 15 is 0 Å². The monoisotopic (exact) mass is 249 g/mol. The lowest BCUT2D eigenvalue weighted by Crippen LogP contribution is -2.25. The Morgan fingerprint density at radius 2 is 1.78 bits per heavy atom. The Morgan fingerprint density at radius 3 is 2.33 bits per heavy atom. The van der Waals surface area contributed by atoms with E-state index in [1.54, 1.807) is 0 Å². The minimum Gasteiger partial charge on any atom is -0.493 e. The lowest BCUT2D eigenvalue weighted by Gasteiger charge is -2.15. The number of rotatable bonds is 7. The van der Waals surface area contributed by atoms with Crippen molar-refractivity contribution in [3.63, 3.8) is 0 Å². The maximum absolute atomic E-state index is 5.92. The normalized spacial score (nSPS) is 12.5. The van der Waals surface area contributed by atoms with Crippen molar-refractivity contribution < 1.29 is 4.74 Å². The van der Waals surface area contributed by atoms with Gasteiger partial charge in [0.2, 0.25) is 0 Å². The van der Waals surface area contributed by atoms with Crippen LogP contribution in [0.1, 0.15) is 43.4 Å². The van der Waals surface area contributed by atoms with Crippen molar-refractivity contribution in [1.29, 1.82) is 0 Å². The summed E-state index contributed by atoms with van der Waals surface area (Å²) in [5, 5.41) is 3.42. The third kappa shape index (κ3) is 4.69. The van der Waals surface area contributed by atoms with Crippen LogP contribution in [0.15, 0.2) is 12.1 Å². The molecule has 102 valence electrons. The van der Waals surface area contributed by atoms with Gasteiger partial charge in [0.05, 0.1) is 6.61 Å². The number of hydrogen-bond acceptors (Lipinski definition) is 2. The zero-order valence-corrected chi connectivity index (χ0v) is 12.5. The molecule has 0 aliphatic rings. The van der Waals surface area contributed by atoms with Crippen LogP contribution in [0, 0.1) is 20.8 Å². The average Bonchev–Trinajstić information content (AvgIpc) is 2.27. The summed E-state index contributed by atoms with van der Waals surface area (Å²) in [7, 11) is 0. The molecule has 1 aromatic rings. The molecule has 1 rings (SSSR count). The summed E-state index contributed by atoms with van der Waals surface area (Å²) < 4.78 is 5.92. The molecule has 0 radical (unpaired) electrons. The van der Waals surface area contributed by atoms with Gasteiger partial charge in [0.25, 0.3) is 0 Å². The predicted molar refractivity (Wildman–Crippen MR) is 78.5 cm³/mol. The fourth-order valence-corrected chi connectivity index (χ4v) is 2.41. The molecule has 1 N–H and O–H groups in total. The van der Waals surface area contributed by atoms with Crippen LogP contribution in [0.2, 0.25) is 0 Å². The van der Waals surface area contributed by atoms with Gasteiger partial charge in [0.15, 0.2) is 0 Å². The van der Waals surface area contributed by atoms with Crippen LogP contribution in [-0.4, -0.2) is 19.2 Å². The van der Waals surface area contributed by atoms with Crippen molar-refractivity contribution in [2.75, 3.05) is 13.2 Å². The minimum atomic E-state index is 0.582. The molecule has 18 heavy (non-hydrogen) atoms. The highest BCUT2D eigenvalue weighted by Crippen LogP contribution is 2.24. The van der Waals surface area contributed by atoms with Crippen molar-refractivity contribution in [2.45, 2.75) is 53.5 Å². The van der Waals surface area contributed by atoms with Crippen LogP contribution >= 0.6 is 0 Å². The molecular weight excluding hydrogens is 222 g/mol. The summed E-state index contributed by atoms with van der Waals surface area (Å²) in [6.45, 7) is 12.6. The van der Waals surface area contributed by atoms with Crippen molar-refractivity contribution in [3.8, 4) is 5.75 Å². The molecule has 0 heterocycles. The van der Waals surface area contributed by atoms with Gasteiger partial charge in [-0.1, -0.05) is 24.6 Å². The van der Waals surface area contributed by atoms with Crippen molar-refractivity contribution in [2.24, 2.45) is 0 Å². The predicted octanol–water partition coefficient (Wildman–Crippen LogP) is 3.77. The van der Waals surface area contributed by atoms with Crippen LogP contribution in [0.25, 0.3) is 0 Å². The fourth-order valence-electron chi connectivity index (χ4n) is 2.41. The third-order valence-electron chi connectivity index (χ3n) is 3.19. The quantitative estimate of drug-likeness (QED) is 0.743. The first-order chi connectivity index (χ1) is 8.54. The van der Waals surface area contributed by atoms with Crippen molar-refractivity contribution in [1.82, 2.24) is 5.32 Å². The van der Waals surface area contributed by atoms with E-state index in [4.69, 9.17) is 4.74 Å². The largest absolute Gasteiger partial charge is 0.493 e. The molecule has 0 aliphatic carbocycles.